The first-order chi connectivity index (χ1) is 12.1. The summed E-state index contributed by atoms with van der Waals surface area (Å²) < 4.78 is 6.12. The molecule has 0 unspecified atom stereocenters. The lowest BCUT2D eigenvalue weighted by Gasteiger charge is -2.59. The molecule has 4 nitrogen and oxygen atoms in total. The molecule has 2 aliphatic carbocycles. The van der Waals surface area contributed by atoms with Gasteiger partial charge in [-0.2, -0.15) is 0 Å². The summed E-state index contributed by atoms with van der Waals surface area (Å²) in [5.41, 5.74) is 1.14. The Hall–Kier alpha value is -1.55. The van der Waals surface area contributed by atoms with Gasteiger partial charge in [0, 0.05) is 24.4 Å². The molecule has 4 rings (SSSR count). The van der Waals surface area contributed by atoms with E-state index >= 15 is 0 Å². The van der Waals surface area contributed by atoms with Crippen LogP contribution >= 0.6 is 0 Å². The van der Waals surface area contributed by atoms with Crippen molar-refractivity contribution in [3.63, 3.8) is 0 Å². The van der Waals surface area contributed by atoms with Crippen molar-refractivity contribution in [3.05, 3.63) is 29.8 Å². The van der Waals surface area contributed by atoms with Crippen molar-refractivity contribution in [3.8, 4) is 5.75 Å². The number of carbonyl (C=O) groups is 1. The van der Waals surface area contributed by atoms with Gasteiger partial charge in [-0.15, -0.1) is 0 Å². The van der Waals surface area contributed by atoms with Crippen LogP contribution in [0.2, 0.25) is 0 Å². The molecular weight excluding hydrogens is 326 g/mol. The summed E-state index contributed by atoms with van der Waals surface area (Å²) in [6.07, 6.45) is 3.59. The lowest BCUT2D eigenvalue weighted by atomic mass is 9.61. The zero-order valence-electron chi connectivity index (χ0n) is 16.4. The maximum atomic E-state index is 12.4. The highest BCUT2D eigenvalue weighted by molar-refractivity contribution is 5.81. The van der Waals surface area contributed by atoms with Gasteiger partial charge in [-0.05, 0) is 55.7 Å². The Kier molecular flexibility index (Phi) is 3.93. The van der Waals surface area contributed by atoms with E-state index in [1.165, 1.54) is 5.56 Å². The average molecular weight is 357 g/mol. The van der Waals surface area contributed by atoms with Crippen molar-refractivity contribution >= 4 is 5.91 Å². The predicted molar refractivity (Wildman–Crippen MR) is 101 cm³/mol. The molecule has 1 aromatic carbocycles. The van der Waals surface area contributed by atoms with E-state index < -0.39 is 5.60 Å². The standard InChI is InChI=1S/C22H31NO3/c1-20(2,3)16-5-7-17(8-6-16)26-18-11-22(12-18)13-23(14-22)19(24)15-9-21(4,25)10-15/h5-8,15,18,25H,9-14H2,1-4H3. The van der Waals surface area contributed by atoms with Gasteiger partial charge in [-0.1, -0.05) is 32.9 Å². The van der Waals surface area contributed by atoms with E-state index in [9.17, 15) is 9.90 Å². The second-order valence-corrected chi connectivity index (χ2v) is 10.2. The topological polar surface area (TPSA) is 49.8 Å². The van der Waals surface area contributed by atoms with Crippen LogP contribution in [0.1, 0.15) is 58.9 Å². The number of hydrogen-bond donors (Lipinski definition) is 1. The predicted octanol–water partition coefficient (Wildman–Crippen LogP) is 3.51. The number of carbonyl (C=O) groups excluding carboxylic acids is 1. The molecule has 1 aromatic rings. The van der Waals surface area contributed by atoms with Crippen LogP contribution in [0.25, 0.3) is 0 Å². The third kappa shape index (κ3) is 3.24. The normalized spacial score (nSPS) is 30.3. The van der Waals surface area contributed by atoms with Gasteiger partial charge < -0.3 is 14.7 Å². The van der Waals surface area contributed by atoms with Crippen LogP contribution in [0.15, 0.2) is 24.3 Å². The number of ether oxygens (including phenoxy) is 1. The summed E-state index contributed by atoms with van der Waals surface area (Å²) in [6.45, 7) is 10.2. The molecule has 0 radical (unpaired) electrons. The van der Waals surface area contributed by atoms with Crippen LogP contribution in [-0.4, -0.2) is 40.7 Å². The lowest BCUT2D eigenvalue weighted by molar-refractivity contribution is -0.174. The third-order valence-corrected chi connectivity index (χ3v) is 6.43. The van der Waals surface area contributed by atoms with Crippen molar-refractivity contribution in [1.29, 1.82) is 0 Å². The minimum atomic E-state index is -0.624. The zero-order valence-corrected chi connectivity index (χ0v) is 16.4. The highest BCUT2D eigenvalue weighted by atomic mass is 16.5. The van der Waals surface area contributed by atoms with Gasteiger partial charge in [0.15, 0.2) is 0 Å². The van der Waals surface area contributed by atoms with E-state index in [1.54, 1.807) is 0 Å². The van der Waals surface area contributed by atoms with Crippen LogP contribution in [-0.2, 0) is 10.2 Å². The number of amides is 1. The minimum absolute atomic E-state index is 0.0378. The van der Waals surface area contributed by atoms with Crippen LogP contribution in [0.4, 0.5) is 0 Å². The van der Waals surface area contributed by atoms with E-state index in [-0.39, 0.29) is 28.8 Å². The summed E-state index contributed by atoms with van der Waals surface area (Å²) >= 11 is 0. The molecule has 3 fully saturated rings. The number of benzene rings is 1. The number of hydrogen-bond acceptors (Lipinski definition) is 3. The van der Waals surface area contributed by atoms with Crippen molar-refractivity contribution in [2.75, 3.05) is 13.1 Å². The number of aliphatic hydroxyl groups is 1. The molecule has 1 spiro atoms. The molecule has 2 saturated carbocycles. The van der Waals surface area contributed by atoms with Gasteiger partial charge in [-0.25, -0.2) is 0 Å². The monoisotopic (exact) mass is 357 g/mol. The van der Waals surface area contributed by atoms with Gasteiger partial charge >= 0.3 is 0 Å². The molecule has 1 N–H and O–H groups in total. The van der Waals surface area contributed by atoms with Crippen molar-refractivity contribution < 1.29 is 14.6 Å². The third-order valence-electron chi connectivity index (χ3n) is 6.43. The Morgan fingerprint density at radius 2 is 1.69 bits per heavy atom. The minimum Gasteiger partial charge on any atom is -0.490 e. The van der Waals surface area contributed by atoms with Crippen LogP contribution in [0.5, 0.6) is 5.75 Å². The summed E-state index contributed by atoms with van der Waals surface area (Å²) in [5, 5.41) is 9.81. The molecule has 142 valence electrons. The van der Waals surface area contributed by atoms with Crippen molar-refractivity contribution in [2.45, 2.75) is 70.5 Å². The maximum absolute atomic E-state index is 12.4. The fourth-order valence-corrected chi connectivity index (χ4v) is 4.83. The number of rotatable bonds is 3. The maximum Gasteiger partial charge on any atom is 0.225 e. The number of likely N-dealkylation sites (tertiary alicyclic amines) is 1. The molecule has 1 amide bonds. The lowest BCUT2D eigenvalue weighted by Crippen LogP contribution is -2.67. The van der Waals surface area contributed by atoms with E-state index in [2.05, 4.69) is 45.0 Å². The Balaban J connectivity index is 1.22. The van der Waals surface area contributed by atoms with Crippen molar-refractivity contribution in [1.82, 2.24) is 4.90 Å². The first-order valence-electron chi connectivity index (χ1n) is 9.84. The van der Waals surface area contributed by atoms with Gasteiger partial charge in [0.25, 0.3) is 0 Å². The van der Waals surface area contributed by atoms with E-state index in [0.717, 1.165) is 31.7 Å². The summed E-state index contributed by atoms with van der Waals surface area (Å²) in [4.78, 5) is 14.4. The van der Waals surface area contributed by atoms with Gasteiger partial charge in [0.05, 0.1) is 5.60 Å². The molecule has 0 aromatic heterocycles. The van der Waals surface area contributed by atoms with Crippen LogP contribution in [0, 0.1) is 11.3 Å². The first-order valence-corrected chi connectivity index (χ1v) is 9.84. The van der Waals surface area contributed by atoms with E-state index in [0.29, 0.717) is 12.8 Å². The van der Waals surface area contributed by atoms with Gasteiger partial charge in [0.1, 0.15) is 11.9 Å². The second-order valence-electron chi connectivity index (χ2n) is 10.2. The molecule has 0 atom stereocenters. The smallest absolute Gasteiger partial charge is 0.225 e. The quantitative estimate of drug-likeness (QED) is 0.900. The molecule has 3 aliphatic rings. The second kappa shape index (κ2) is 5.72. The van der Waals surface area contributed by atoms with Crippen LogP contribution in [0.3, 0.4) is 0 Å². The van der Waals surface area contributed by atoms with E-state index in [1.807, 2.05) is 11.8 Å². The van der Waals surface area contributed by atoms with Crippen molar-refractivity contribution in [2.24, 2.45) is 11.3 Å². The molecule has 0 bridgehead atoms. The Bertz CT molecular complexity index is 679. The fraction of sp³-hybridized carbons (Fsp3) is 0.682. The summed E-state index contributed by atoms with van der Waals surface area (Å²) in [7, 11) is 0. The molecule has 1 aliphatic heterocycles. The average Bonchev–Trinajstić information content (AvgIpc) is 2.44. The first kappa shape index (κ1) is 17.8. The van der Waals surface area contributed by atoms with Crippen LogP contribution < -0.4 is 4.74 Å². The highest BCUT2D eigenvalue weighted by Gasteiger charge is 2.56. The molecular formula is C22H31NO3. The fourth-order valence-electron chi connectivity index (χ4n) is 4.83. The molecule has 26 heavy (non-hydrogen) atoms. The molecule has 1 saturated heterocycles. The number of nitrogens with zero attached hydrogens (tertiary/aromatic N) is 1. The summed E-state index contributed by atoms with van der Waals surface area (Å²) in [5.74, 6) is 1.22. The Morgan fingerprint density at radius 1 is 1.12 bits per heavy atom. The molecule has 4 heteroatoms. The largest absolute Gasteiger partial charge is 0.490 e. The Morgan fingerprint density at radius 3 is 2.19 bits per heavy atom. The zero-order chi connectivity index (χ0) is 18.7. The molecule has 1 heterocycles. The van der Waals surface area contributed by atoms with Gasteiger partial charge in [-0.3, -0.25) is 4.79 Å². The van der Waals surface area contributed by atoms with E-state index in [4.69, 9.17) is 4.74 Å². The highest BCUT2D eigenvalue weighted by Crippen LogP contribution is 2.51. The SMILES string of the molecule is CC1(O)CC(C(=O)N2CC3(CC(Oc4ccc(C(C)(C)C)cc4)C3)C2)C1. The summed E-state index contributed by atoms with van der Waals surface area (Å²) in [6, 6.07) is 8.46. The Labute approximate surface area is 156 Å². The van der Waals surface area contributed by atoms with Gasteiger partial charge in [0.2, 0.25) is 5.91 Å².